The second kappa shape index (κ2) is 11.9. The smallest absolute Gasteiger partial charge is 0.255 e. The SMILES string of the molecule is CCOc1ccc(NC(=O)C(C)C)cc1C(=O)NC(C)c1cccc(OCCNC)n1. The minimum atomic E-state index is -0.358. The molecule has 1 unspecified atom stereocenters. The molecule has 0 aliphatic rings. The van der Waals surface area contributed by atoms with E-state index in [-0.39, 0.29) is 23.8 Å². The van der Waals surface area contributed by atoms with Gasteiger partial charge in [0.15, 0.2) is 0 Å². The number of rotatable bonds is 11. The van der Waals surface area contributed by atoms with E-state index in [1.54, 1.807) is 24.3 Å². The number of pyridine rings is 1. The first kappa shape index (κ1) is 24.1. The van der Waals surface area contributed by atoms with Crippen LogP contribution in [0.1, 0.15) is 49.8 Å². The fourth-order valence-corrected chi connectivity index (χ4v) is 2.71. The monoisotopic (exact) mass is 428 g/mol. The van der Waals surface area contributed by atoms with Crippen molar-refractivity contribution >= 4 is 17.5 Å². The molecule has 0 saturated heterocycles. The van der Waals surface area contributed by atoms with Gasteiger partial charge in [-0.3, -0.25) is 9.59 Å². The molecule has 1 aromatic heterocycles. The highest BCUT2D eigenvalue weighted by atomic mass is 16.5. The van der Waals surface area contributed by atoms with E-state index >= 15 is 0 Å². The van der Waals surface area contributed by atoms with Crippen LogP contribution in [0, 0.1) is 5.92 Å². The van der Waals surface area contributed by atoms with Crippen molar-refractivity contribution in [3.05, 3.63) is 47.7 Å². The molecule has 0 saturated carbocycles. The zero-order valence-corrected chi connectivity index (χ0v) is 18.8. The Labute approximate surface area is 183 Å². The molecule has 0 bridgehead atoms. The van der Waals surface area contributed by atoms with Crippen LogP contribution in [-0.4, -0.2) is 43.6 Å². The van der Waals surface area contributed by atoms with E-state index in [9.17, 15) is 9.59 Å². The van der Waals surface area contributed by atoms with Gasteiger partial charge in [0.2, 0.25) is 11.8 Å². The minimum Gasteiger partial charge on any atom is -0.493 e. The van der Waals surface area contributed by atoms with Gasteiger partial charge in [-0.1, -0.05) is 19.9 Å². The zero-order chi connectivity index (χ0) is 22.8. The number of hydrogen-bond donors (Lipinski definition) is 3. The Morgan fingerprint density at radius 2 is 1.87 bits per heavy atom. The lowest BCUT2D eigenvalue weighted by molar-refractivity contribution is -0.118. The summed E-state index contributed by atoms with van der Waals surface area (Å²) in [4.78, 5) is 29.5. The molecule has 2 aromatic rings. The molecule has 0 aliphatic heterocycles. The van der Waals surface area contributed by atoms with Crippen LogP contribution in [-0.2, 0) is 4.79 Å². The van der Waals surface area contributed by atoms with Gasteiger partial charge in [0.1, 0.15) is 12.4 Å². The standard InChI is InChI=1S/C23H32N4O4/c1-6-30-20-11-10-17(26-22(28)15(2)3)14-18(20)23(29)25-16(4)19-8-7-9-21(27-19)31-13-12-24-5/h7-11,14-16,24H,6,12-13H2,1-5H3,(H,25,29)(H,26,28). The van der Waals surface area contributed by atoms with Crippen molar-refractivity contribution in [1.82, 2.24) is 15.6 Å². The summed E-state index contributed by atoms with van der Waals surface area (Å²) < 4.78 is 11.2. The topological polar surface area (TPSA) is 102 Å². The highest BCUT2D eigenvalue weighted by Crippen LogP contribution is 2.25. The summed E-state index contributed by atoms with van der Waals surface area (Å²) >= 11 is 0. The molecule has 168 valence electrons. The van der Waals surface area contributed by atoms with Crippen molar-refractivity contribution in [3.8, 4) is 11.6 Å². The minimum absolute atomic E-state index is 0.122. The molecule has 2 rings (SSSR count). The van der Waals surface area contributed by atoms with Gasteiger partial charge in [-0.15, -0.1) is 0 Å². The highest BCUT2D eigenvalue weighted by molar-refractivity contribution is 6.00. The van der Waals surface area contributed by atoms with E-state index in [0.29, 0.717) is 48.3 Å². The lowest BCUT2D eigenvalue weighted by atomic mass is 10.1. The molecule has 3 N–H and O–H groups in total. The summed E-state index contributed by atoms with van der Waals surface area (Å²) in [6.45, 7) is 8.94. The molecule has 8 nitrogen and oxygen atoms in total. The van der Waals surface area contributed by atoms with Crippen molar-refractivity contribution < 1.29 is 19.1 Å². The maximum atomic E-state index is 13.0. The van der Waals surface area contributed by atoms with E-state index in [4.69, 9.17) is 9.47 Å². The molecule has 1 atom stereocenters. The molecule has 0 fully saturated rings. The Bertz CT molecular complexity index is 886. The molecular formula is C23H32N4O4. The second-order valence-electron chi connectivity index (χ2n) is 7.34. The van der Waals surface area contributed by atoms with E-state index in [0.717, 1.165) is 0 Å². The average Bonchev–Trinajstić information content (AvgIpc) is 2.75. The number of carbonyl (C=O) groups is 2. The van der Waals surface area contributed by atoms with Gasteiger partial charge in [0.05, 0.1) is 23.9 Å². The lowest BCUT2D eigenvalue weighted by Gasteiger charge is -2.17. The zero-order valence-electron chi connectivity index (χ0n) is 18.8. The van der Waals surface area contributed by atoms with Gasteiger partial charge < -0.3 is 25.4 Å². The number of carbonyl (C=O) groups excluding carboxylic acids is 2. The van der Waals surface area contributed by atoms with Crippen LogP contribution in [0.4, 0.5) is 5.69 Å². The summed E-state index contributed by atoms with van der Waals surface area (Å²) in [6, 6.07) is 10.1. The van der Waals surface area contributed by atoms with Crippen molar-refractivity contribution in [3.63, 3.8) is 0 Å². The van der Waals surface area contributed by atoms with Crippen LogP contribution in [0.2, 0.25) is 0 Å². The summed E-state index contributed by atoms with van der Waals surface area (Å²) in [7, 11) is 1.85. The third kappa shape index (κ3) is 7.25. The number of anilines is 1. The molecule has 0 radical (unpaired) electrons. The number of nitrogens with one attached hydrogen (secondary N) is 3. The largest absolute Gasteiger partial charge is 0.493 e. The number of amides is 2. The molecule has 8 heteroatoms. The summed E-state index contributed by atoms with van der Waals surface area (Å²) in [5.41, 5.74) is 1.56. The Hall–Kier alpha value is -3.13. The first-order valence-electron chi connectivity index (χ1n) is 10.5. The highest BCUT2D eigenvalue weighted by Gasteiger charge is 2.18. The summed E-state index contributed by atoms with van der Waals surface area (Å²) in [5, 5.41) is 8.77. The van der Waals surface area contributed by atoms with Gasteiger partial charge in [-0.25, -0.2) is 4.98 Å². The van der Waals surface area contributed by atoms with E-state index in [2.05, 4.69) is 20.9 Å². The van der Waals surface area contributed by atoms with Gasteiger partial charge >= 0.3 is 0 Å². The third-order valence-corrected chi connectivity index (χ3v) is 4.45. The number of likely N-dealkylation sites (N-methyl/N-ethyl adjacent to an activating group) is 1. The van der Waals surface area contributed by atoms with Crippen LogP contribution in [0.5, 0.6) is 11.6 Å². The number of hydrogen-bond acceptors (Lipinski definition) is 6. The molecule has 0 aliphatic carbocycles. The van der Waals surface area contributed by atoms with Crippen LogP contribution in [0.3, 0.4) is 0 Å². The third-order valence-electron chi connectivity index (χ3n) is 4.45. The number of benzene rings is 1. The Morgan fingerprint density at radius 3 is 2.55 bits per heavy atom. The number of nitrogens with zero attached hydrogens (tertiary/aromatic N) is 1. The van der Waals surface area contributed by atoms with Crippen molar-refractivity contribution in [2.45, 2.75) is 33.7 Å². The van der Waals surface area contributed by atoms with Crippen molar-refractivity contribution in [1.29, 1.82) is 0 Å². The first-order chi connectivity index (χ1) is 14.8. The van der Waals surface area contributed by atoms with Crippen LogP contribution in [0.25, 0.3) is 0 Å². The molecule has 31 heavy (non-hydrogen) atoms. The molecule has 1 heterocycles. The van der Waals surface area contributed by atoms with Crippen molar-refractivity contribution in [2.75, 3.05) is 32.1 Å². The van der Waals surface area contributed by atoms with E-state index in [1.165, 1.54) is 0 Å². The maximum Gasteiger partial charge on any atom is 0.255 e. The molecule has 1 aromatic carbocycles. The first-order valence-corrected chi connectivity index (χ1v) is 10.5. The summed E-state index contributed by atoms with van der Waals surface area (Å²) in [6.07, 6.45) is 0. The van der Waals surface area contributed by atoms with Gasteiger partial charge in [0, 0.05) is 24.2 Å². The van der Waals surface area contributed by atoms with Gasteiger partial charge in [-0.2, -0.15) is 0 Å². The quantitative estimate of drug-likeness (QED) is 0.475. The van der Waals surface area contributed by atoms with Crippen LogP contribution in [0.15, 0.2) is 36.4 Å². The predicted octanol–water partition coefficient (Wildman–Crippen LogP) is 3.16. The Kier molecular flexibility index (Phi) is 9.27. The lowest BCUT2D eigenvalue weighted by Crippen LogP contribution is -2.28. The maximum absolute atomic E-state index is 13.0. The second-order valence-corrected chi connectivity index (χ2v) is 7.34. The number of ether oxygens (including phenoxy) is 2. The van der Waals surface area contributed by atoms with E-state index in [1.807, 2.05) is 46.9 Å². The Balaban J connectivity index is 2.17. The fraction of sp³-hybridized carbons (Fsp3) is 0.435. The summed E-state index contributed by atoms with van der Waals surface area (Å²) in [5.74, 6) is 0.342. The fourth-order valence-electron chi connectivity index (χ4n) is 2.71. The average molecular weight is 429 g/mol. The van der Waals surface area contributed by atoms with Crippen LogP contribution < -0.4 is 25.4 Å². The number of aromatic nitrogens is 1. The van der Waals surface area contributed by atoms with Crippen molar-refractivity contribution in [2.24, 2.45) is 5.92 Å². The normalized spacial score (nSPS) is 11.7. The Morgan fingerprint density at radius 1 is 1.10 bits per heavy atom. The molecule has 2 amide bonds. The predicted molar refractivity (Wildman–Crippen MR) is 121 cm³/mol. The van der Waals surface area contributed by atoms with Gasteiger partial charge in [0.25, 0.3) is 5.91 Å². The van der Waals surface area contributed by atoms with Gasteiger partial charge in [-0.05, 0) is 45.2 Å². The molecule has 0 spiro atoms. The van der Waals surface area contributed by atoms with Crippen LogP contribution >= 0.6 is 0 Å². The van der Waals surface area contributed by atoms with E-state index < -0.39 is 0 Å². The molecular weight excluding hydrogens is 396 g/mol.